The van der Waals surface area contributed by atoms with Crippen LogP contribution < -0.4 is 0 Å². The first-order valence-corrected chi connectivity index (χ1v) is 8.07. The van der Waals surface area contributed by atoms with Gasteiger partial charge in [-0.1, -0.05) is 33.6 Å². The molecule has 0 N–H and O–H groups in total. The molecule has 0 aliphatic carbocycles. The molecule has 0 amide bonds. The lowest BCUT2D eigenvalue weighted by Crippen LogP contribution is -2.51. The Bertz CT molecular complexity index is 226. The van der Waals surface area contributed by atoms with Gasteiger partial charge in [0.15, 0.2) is 0 Å². The van der Waals surface area contributed by atoms with Crippen molar-refractivity contribution in [3.8, 4) is 0 Å². The third kappa shape index (κ3) is 2.70. The number of nitrogens with zero attached hydrogens (tertiary/aromatic N) is 1. The third-order valence-electron chi connectivity index (χ3n) is 5.20. The fraction of sp³-hybridized carbons (Fsp3) is 1.00. The molecular weight excluding hydrogens is 206 g/mol. The van der Waals surface area contributed by atoms with Crippen molar-refractivity contribution in [1.29, 1.82) is 0 Å². The van der Waals surface area contributed by atoms with Gasteiger partial charge in [-0.25, -0.2) is 0 Å². The van der Waals surface area contributed by atoms with E-state index < -0.39 is 0 Å². The van der Waals surface area contributed by atoms with Crippen LogP contribution in [0.3, 0.4) is 0 Å². The van der Waals surface area contributed by atoms with Crippen molar-refractivity contribution < 1.29 is 0 Å². The van der Waals surface area contributed by atoms with Crippen molar-refractivity contribution in [2.24, 2.45) is 11.8 Å². The van der Waals surface area contributed by atoms with Crippen LogP contribution in [0.1, 0.15) is 72.1 Å². The Labute approximate surface area is 108 Å². The first kappa shape index (κ1) is 13.4. The van der Waals surface area contributed by atoms with Gasteiger partial charge < -0.3 is 0 Å². The molecule has 1 nitrogen and oxygen atoms in total. The molecule has 2 heterocycles. The maximum Gasteiger partial charge on any atom is 0.0127 e. The van der Waals surface area contributed by atoms with Crippen molar-refractivity contribution in [3.05, 3.63) is 0 Å². The molecule has 0 radical (unpaired) electrons. The van der Waals surface area contributed by atoms with Crippen LogP contribution in [-0.4, -0.2) is 23.5 Å². The lowest BCUT2D eigenvalue weighted by Gasteiger charge is -2.47. The minimum absolute atomic E-state index is 0.913. The third-order valence-corrected chi connectivity index (χ3v) is 5.20. The van der Waals surface area contributed by atoms with Gasteiger partial charge in [0.1, 0.15) is 0 Å². The molecule has 0 spiro atoms. The molecule has 0 bridgehead atoms. The summed E-state index contributed by atoms with van der Waals surface area (Å²) in [6.45, 7) is 8.52. The van der Waals surface area contributed by atoms with Gasteiger partial charge in [-0.05, 0) is 56.9 Å². The smallest absolute Gasteiger partial charge is 0.0127 e. The van der Waals surface area contributed by atoms with Crippen molar-refractivity contribution in [2.45, 2.75) is 84.2 Å². The molecule has 2 fully saturated rings. The molecule has 2 saturated heterocycles. The van der Waals surface area contributed by atoms with E-state index in [1.807, 2.05) is 0 Å². The SMILES string of the molecule is CCC[C@@H]1C[C@@H](CCC)[C@@H]2CCCN2[C@@H]1CC. The van der Waals surface area contributed by atoms with Gasteiger partial charge in [0.25, 0.3) is 0 Å². The van der Waals surface area contributed by atoms with Crippen molar-refractivity contribution in [3.63, 3.8) is 0 Å². The summed E-state index contributed by atoms with van der Waals surface area (Å²) in [5, 5.41) is 0. The lowest BCUT2D eigenvalue weighted by molar-refractivity contribution is 0.0175. The second-order valence-electron chi connectivity index (χ2n) is 6.26. The van der Waals surface area contributed by atoms with E-state index in [4.69, 9.17) is 0 Å². The van der Waals surface area contributed by atoms with Gasteiger partial charge in [0, 0.05) is 12.1 Å². The summed E-state index contributed by atoms with van der Waals surface area (Å²) in [7, 11) is 0. The average Bonchev–Trinajstić information content (AvgIpc) is 2.79. The molecule has 2 aliphatic rings. The summed E-state index contributed by atoms with van der Waals surface area (Å²) < 4.78 is 0. The molecule has 2 aliphatic heterocycles. The standard InChI is InChI=1S/C16H31N/c1-4-8-13-12-14(9-5-2)16-10-7-11-17(16)15(13)6-3/h13-16H,4-12H2,1-3H3/t13-,14-,15-,16+/m1/s1. The zero-order chi connectivity index (χ0) is 12.3. The number of hydrogen-bond acceptors (Lipinski definition) is 1. The maximum absolute atomic E-state index is 2.91. The number of fused-ring (bicyclic) bond motifs is 1. The Balaban J connectivity index is 2.08. The maximum atomic E-state index is 2.91. The van der Waals surface area contributed by atoms with Crippen LogP contribution in [0.2, 0.25) is 0 Å². The summed E-state index contributed by atoms with van der Waals surface area (Å²) in [4.78, 5) is 2.91. The highest BCUT2D eigenvalue weighted by Crippen LogP contribution is 2.42. The largest absolute Gasteiger partial charge is 0.297 e. The second-order valence-corrected chi connectivity index (χ2v) is 6.26. The van der Waals surface area contributed by atoms with Crippen LogP contribution in [0.5, 0.6) is 0 Å². The first-order chi connectivity index (χ1) is 8.31. The fourth-order valence-corrected chi connectivity index (χ4v) is 4.64. The highest BCUT2D eigenvalue weighted by molar-refractivity contribution is 4.96. The lowest BCUT2D eigenvalue weighted by atomic mass is 9.74. The van der Waals surface area contributed by atoms with Crippen LogP contribution in [0.4, 0.5) is 0 Å². The van der Waals surface area contributed by atoms with Gasteiger partial charge >= 0.3 is 0 Å². The normalized spacial score (nSPS) is 38.3. The number of hydrogen-bond donors (Lipinski definition) is 0. The summed E-state index contributed by atoms with van der Waals surface area (Å²) >= 11 is 0. The molecule has 0 aromatic carbocycles. The predicted octanol–water partition coefficient (Wildman–Crippen LogP) is 4.47. The van der Waals surface area contributed by atoms with Crippen LogP contribution in [0, 0.1) is 11.8 Å². The van der Waals surface area contributed by atoms with Crippen LogP contribution in [0.15, 0.2) is 0 Å². The molecule has 4 atom stereocenters. The molecule has 17 heavy (non-hydrogen) atoms. The summed E-state index contributed by atoms with van der Waals surface area (Å²) in [5.74, 6) is 2.01. The van der Waals surface area contributed by atoms with Crippen LogP contribution in [-0.2, 0) is 0 Å². The second kappa shape index (κ2) is 6.22. The Hall–Kier alpha value is -0.0400. The monoisotopic (exact) mass is 237 g/mol. The molecular formula is C16H31N. The highest BCUT2D eigenvalue weighted by atomic mass is 15.2. The van der Waals surface area contributed by atoms with E-state index in [-0.39, 0.29) is 0 Å². The van der Waals surface area contributed by atoms with Crippen LogP contribution in [0.25, 0.3) is 0 Å². The van der Waals surface area contributed by atoms with E-state index >= 15 is 0 Å². The van der Waals surface area contributed by atoms with E-state index in [0.717, 1.165) is 23.9 Å². The van der Waals surface area contributed by atoms with Gasteiger partial charge in [-0.3, -0.25) is 4.90 Å². The topological polar surface area (TPSA) is 3.24 Å². The molecule has 0 saturated carbocycles. The minimum Gasteiger partial charge on any atom is -0.297 e. The van der Waals surface area contributed by atoms with Crippen molar-refractivity contribution in [1.82, 2.24) is 4.90 Å². The quantitative estimate of drug-likeness (QED) is 0.682. The van der Waals surface area contributed by atoms with E-state index in [1.165, 1.54) is 57.9 Å². The van der Waals surface area contributed by atoms with E-state index in [0.29, 0.717) is 0 Å². The van der Waals surface area contributed by atoms with Gasteiger partial charge in [0.05, 0.1) is 0 Å². The molecule has 2 rings (SSSR count). The van der Waals surface area contributed by atoms with E-state index in [2.05, 4.69) is 25.7 Å². The summed E-state index contributed by atoms with van der Waals surface area (Å²) in [5.41, 5.74) is 0. The average molecular weight is 237 g/mol. The van der Waals surface area contributed by atoms with Crippen molar-refractivity contribution in [2.75, 3.05) is 6.54 Å². The predicted molar refractivity (Wildman–Crippen MR) is 75.2 cm³/mol. The number of piperidine rings is 1. The Kier molecular flexibility index (Phi) is 4.90. The molecule has 1 heteroatoms. The molecule has 0 unspecified atom stereocenters. The highest BCUT2D eigenvalue weighted by Gasteiger charge is 2.42. The molecule has 100 valence electrons. The summed E-state index contributed by atoms with van der Waals surface area (Å²) in [6, 6.07) is 1.86. The van der Waals surface area contributed by atoms with Gasteiger partial charge in [-0.2, -0.15) is 0 Å². The van der Waals surface area contributed by atoms with E-state index in [1.54, 1.807) is 0 Å². The summed E-state index contributed by atoms with van der Waals surface area (Å²) in [6.07, 6.45) is 11.5. The Morgan fingerprint density at radius 3 is 2.35 bits per heavy atom. The van der Waals surface area contributed by atoms with Gasteiger partial charge in [0.2, 0.25) is 0 Å². The fourth-order valence-electron chi connectivity index (χ4n) is 4.64. The zero-order valence-corrected chi connectivity index (χ0v) is 12.1. The van der Waals surface area contributed by atoms with Crippen molar-refractivity contribution >= 4 is 0 Å². The number of rotatable bonds is 5. The minimum atomic E-state index is 0.913. The van der Waals surface area contributed by atoms with Gasteiger partial charge in [-0.15, -0.1) is 0 Å². The molecule has 0 aromatic rings. The first-order valence-electron chi connectivity index (χ1n) is 8.07. The molecule has 0 aromatic heterocycles. The van der Waals surface area contributed by atoms with E-state index in [9.17, 15) is 0 Å². The Morgan fingerprint density at radius 2 is 1.71 bits per heavy atom. The zero-order valence-electron chi connectivity index (χ0n) is 12.1. The van der Waals surface area contributed by atoms with Crippen LogP contribution >= 0.6 is 0 Å². The Morgan fingerprint density at radius 1 is 1.00 bits per heavy atom.